The second kappa shape index (κ2) is 6.06. The molecule has 0 aromatic heterocycles. The molecule has 2 nitrogen and oxygen atoms in total. The van der Waals surface area contributed by atoms with E-state index in [0.717, 1.165) is 0 Å². The lowest BCUT2D eigenvalue weighted by atomic mass is 9.84. The standard InChI is InChI=1S/C12H22O2/c1-6-8-9-10(13)11(14-7-2)12(3,4)5/h10-11,13H,7,9H2,1-5H3. The van der Waals surface area contributed by atoms with Crippen molar-refractivity contribution in [3.05, 3.63) is 0 Å². The average Bonchev–Trinajstić information content (AvgIpc) is 2.08. The number of rotatable bonds is 4. The highest BCUT2D eigenvalue weighted by molar-refractivity contribution is 4.99. The van der Waals surface area contributed by atoms with Crippen molar-refractivity contribution in [1.29, 1.82) is 0 Å². The minimum atomic E-state index is -0.498. The fraction of sp³-hybridized carbons (Fsp3) is 0.833. The van der Waals surface area contributed by atoms with E-state index in [1.165, 1.54) is 0 Å². The van der Waals surface area contributed by atoms with Gasteiger partial charge in [-0.2, -0.15) is 0 Å². The van der Waals surface area contributed by atoms with E-state index in [4.69, 9.17) is 4.74 Å². The van der Waals surface area contributed by atoms with Gasteiger partial charge in [0.1, 0.15) is 0 Å². The molecule has 0 aliphatic rings. The maximum absolute atomic E-state index is 9.88. The molecule has 0 fully saturated rings. The van der Waals surface area contributed by atoms with Crippen molar-refractivity contribution in [2.24, 2.45) is 5.41 Å². The normalized spacial score (nSPS) is 15.6. The van der Waals surface area contributed by atoms with E-state index in [9.17, 15) is 5.11 Å². The molecular formula is C12H22O2. The van der Waals surface area contributed by atoms with Gasteiger partial charge in [0, 0.05) is 13.0 Å². The van der Waals surface area contributed by atoms with E-state index in [0.29, 0.717) is 13.0 Å². The largest absolute Gasteiger partial charge is 0.389 e. The molecule has 0 spiro atoms. The third-order valence-corrected chi connectivity index (χ3v) is 2.04. The Morgan fingerprint density at radius 3 is 2.29 bits per heavy atom. The summed E-state index contributed by atoms with van der Waals surface area (Å²) >= 11 is 0. The van der Waals surface area contributed by atoms with Gasteiger partial charge in [0.2, 0.25) is 0 Å². The van der Waals surface area contributed by atoms with E-state index < -0.39 is 6.10 Å². The van der Waals surface area contributed by atoms with E-state index in [1.807, 2.05) is 6.92 Å². The first kappa shape index (κ1) is 13.5. The van der Waals surface area contributed by atoms with Crippen LogP contribution < -0.4 is 0 Å². The summed E-state index contributed by atoms with van der Waals surface area (Å²) in [4.78, 5) is 0. The molecule has 0 saturated carbocycles. The second-order valence-corrected chi connectivity index (χ2v) is 4.44. The molecule has 0 aliphatic carbocycles. The highest BCUT2D eigenvalue weighted by Gasteiger charge is 2.31. The van der Waals surface area contributed by atoms with Crippen LogP contribution in [-0.2, 0) is 4.74 Å². The van der Waals surface area contributed by atoms with Crippen LogP contribution in [0, 0.1) is 17.3 Å². The Kier molecular flexibility index (Phi) is 5.83. The molecular weight excluding hydrogens is 176 g/mol. The molecule has 2 atom stereocenters. The van der Waals surface area contributed by atoms with Gasteiger partial charge in [0.25, 0.3) is 0 Å². The summed E-state index contributed by atoms with van der Waals surface area (Å²) in [6.45, 7) is 10.5. The van der Waals surface area contributed by atoms with E-state index in [2.05, 4.69) is 32.6 Å². The van der Waals surface area contributed by atoms with Crippen LogP contribution in [0.5, 0.6) is 0 Å². The van der Waals surface area contributed by atoms with Crippen LogP contribution in [0.1, 0.15) is 41.0 Å². The van der Waals surface area contributed by atoms with Crippen molar-refractivity contribution in [3.63, 3.8) is 0 Å². The van der Waals surface area contributed by atoms with Crippen molar-refractivity contribution in [3.8, 4) is 11.8 Å². The summed E-state index contributed by atoms with van der Waals surface area (Å²) in [7, 11) is 0. The molecule has 14 heavy (non-hydrogen) atoms. The fourth-order valence-corrected chi connectivity index (χ4v) is 1.43. The molecule has 0 aromatic carbocycles. The van der Waals surface area contributed by atoms with Crippen LogP contribution >= 0.6 is 0 Å². The van der Waals surface area contributed by atoms with Crippen LogP contribution in [0.25, 0.3) is 0 Å². The molecule has 0 aromatic rings. The van der Waals surface area contributed by atoms with Gasteiger partial charge in [-0.05, 0) is 19.3 Å². The summed E-state index contributed by atoms with van der Waals surface area (Å²) in [5.41, 5.74) is -0.0507. The molecule has 0 bridgehead atoms. The number of aliphatic hydroxyl groups is 1. The summed E-state index contributed by atoms with van der Waals surface area (Å²) in [5.74, 6) is 5.66. The van der Waals surface area contributed by atoms with Gasteiger partial charge in [0.15, 0.2) is 0 Å². The van der Waals surface area contributed by atoms with Crippen LogP contribution in [0.3, 0.4) is 0 Å². The maximum atomic E-state index is 9.88. The molecule has 0 radical (unpaired) electrons. The quantitative estimate of drug-likeness (QED) is 0.702. The second-order valence-electron chi connectivity index (χ2n) is 4.44. The Balaban J connectivity index is 4.38. The topological polar surface area (TPSA) is 29.5 Å². The van der Waals surface area contributed by atoms with Gasteiger partial charge in [-0.15, -0.1) is 11.8 Å². The molecule has 82 valence electrons. The van der Waals surface area contributed by atoms with Crippen LogP contribution in [0.2, 0.25) is 0 Å². The Bertz CT molecular complexity index is 205. The molecule has 2 heteroatoms. The molecule has 2 unspecified atom stereocenters. The van der Waals surface area contributed by atoms with Crippen molar-refractivity contribution >= 4 is 0 Å². The zero-order valence-electron chi connectivity index (χ0n) is 9.92. The molecule has 0 rings (SSSR count). The van der Waals surface area contributed by atoms with Gasteiger partial charge < -0.3 is 9.84 Å². The van der Waals surface area contributed by atoms with E-state index in [1.54, 1.807) is 6.92 Å². The predicted octanol–water partition coefficient (Wildman–Crippen LogP) is 2.21. The molecule has 0 aliphatic heterocycles. The van der Waals surface area contributed by atoms with Gasteiger partial charge in [-0.1, -0.05) is 20.8 Å². The Morgan fingerprint density at radius 2 is 1.93 bits per heavy atom. The first-order valence-electron chi connectivity index (χ1n) is 5.12. The number of hydrogen-bond donors (Lipinski definition) is 1. The predicted molar refractivity (Wildman–Crippen MR) is 58.9 cm³/mol. The lowest BCUT2D eigenvalue weighted by Crippen LogP contribution is -2.40. The molecule has 0 amide bonds. The minimum Gasteiger partial charge on any atom is -0.389 e. The zero-order chi connectivity index (χ0) is 11.2. The van der Waals surface area contributed by atoms with Crippen molar-refractivity contribution in [2.45, 2.75) is 53.2 Å². The number of hydrogen-bond acceptors (Lipinski definition) is 2. The van der Waals surface area contributed by atoms with Gasteiger partial charge >= 0.3 is 0 Å². The van der Waals surface area contributed by atoms with E-state index >= 15 is 0 Å². The van der Waals surface area contributed by atoms with Gasteiger partial charge in [-0.3, -0.25) is 0 Å². The SMILES string of the molecule is CC#CCC(O)C(OCC)C(C)(C)C. The summed E-state index contributed by atoms with van der Waals surface area (Å²) in [6, 6.07) is 0. The van der Waals surface area contributed by atoms with Crippen LogP contribution in [0.15, 0.2) is 0 Å². The fourth-order valence-electron chi connectivity index (χ4n) is 1.43. The van der Waals surface area contributed by atoms with E-state index in [-0.39, 0.29) is 11.5 Å². The monoisotopic (exact) mass is 198 g/mol. The van der Waals surface area contributed by atoms with Crippen LogP contribution in [0.4, 0.5) is 0 Å². The Morgan fingerprint density at radius 1 is 1.36 bits per heavy atom. The van der Waals surface area contributed by atoms with Crippen molar-refractivity contribution in [1.82, 2.24) is 0 Å². The smallest absolute Gasteiger partial charge is 0.0915 e. The average molecular weight is 198 g/mol. The summed E-state index contributed by atoms with van der Waals surface area (Å²) in [6.07, 6.45) is -0.158. The lowest BCUT2D eigenvalue weighted by Gasteiger charge is -2.33. The summed E-state index contributed by atoms with van der Waals surface area (Å²) < 4.78 is 5.55. The van der Waals surface area contributed by atoms with Crippen molar-refractivity contribution in [2.75, 3.05) is 6.61 Å². The van der Waals surface area contributed by atoms with Gasteiger partial charge in [0.05, 0.1) is 12.2 Å². The highest BCUT2D eigenvalue weighted by atomic mass is 16.5. The lowest BCUT2D eigenvalue weighted by molar-refractivity contribution is -0.0858. The Hall–Kier alpha value is -0.520. The van der Waals surface area contributed by atoms with Crippen LogP contribution in [-0.4, -0.2) is 23.9 Å². The summed E-state index contributed by atoms with van der Waals surface area (Å²) in [5, 5.41) is 9.88. The third-order valence-electron chi connectivity index (χ3n) is 2.04. The Labute approximate surface area is 87.7 Å². The number of ether oxygens (including phenoxy) is 1. The first-order valence-corrected chi connectivity index (χ1v) is 5.12. The highest BCUT2D eigenvalue weighted by Crippen LogP contribution is 2.26. The van der Waals surface area contributed by atoms with Crippen molar-refractivity contribution < 1.29 is 9.84 Å². The molecule has 0 saturated heterocycles. The molecule has 1 N–H and O–H groups in total. The third kappa shape index (κ3) is 4.64. The maximum Gasteiger partial charge on any atom is 0.0915 e. The molecule has 0 heterocycles. The number of aliphatic hydroxyl groups excluding tert-OH is 1. The minimum absolute atomic E-state index is 0.0507. The first-order chi connectivity index (χ1) is 6.43. The van der Waals surface area contributed by atoms with Gasteiger partial charge in [-0.25, -0.2) is 0 Å². The zero-order valence-corrected chi connectivity index (χ0v) is 9.92.